The zero-order chi connectivity index (χ0) is 23.7. The second-order valence-corrected chi connectivity index (χ2v) is 5.12. The minimum atomic E-state index is -0.797. The standard InChI is InChI=1S/C10H12O2.C8H7N.4C2H6.CH4/c1-10(2,9(11)12)8-6-4-3-5-7-8;9-7-6-8-4-2-1-3-5-8;4*1-2;/h3-7H,1-2H3,(H,11,12);1-5H,6H2;4*1-2H3;1H4. The Bertz CT molecular complexity index is 600. The number of benzene rings is 2. The van der Waals surface area contributed by atoms with E-state index in [0.29, 0.717) is 6.42 Å². The molecule has 0 spiro atoms. The minimum Gasteiger partial charge on any atom is -0.481 e. The molecule has 2 rings (SSSR count). The van der Waals surface area contributed by atoms with Gasteiger partial charge in [-0.05, 0) is 25.0 Å². The van der Waals surface area contributed by atoms with E-state index in [4.69, 9.17) is 10.4 Å². The highest BCUT2D eigenvalue weighted by molar-refractivity contribution is 5.80. The molecule has 30 heavy (non-hydrogen) atoms. The highest BCUT2D eigenvalue weighted by Gasteiger charge is 2.28. The smallest absolute Gasteiger partial charge is 0.313 e. The number of hydrogen-bond acceptors (Lipinski definition) is 2. The zero-order valence-corrected chi connectivity index (χ0v) is 20.3. The van der Waals surface area contributed by atoms with Crippen LogP contribution in [0.15, 0.2) is 60.7 Å². The van der Waals surface area contributed by atoms with Crippen molar-refractivity contribution >= 4 is 5.97 Å². The fourth-order valence-electron chi connectivity index (χ4n) is 1.67. The highest BCUT2D eigenvalue weighted by atomic mass is 16.4. The number of rotatable bonds is 3. The number of nitrogens with zero attached hydrogens (tertiary/aromatic N) is 1. The lowest BCUT2D eigenvalue weighted by Crippen LogP contribution is -2.28. The normalized spacial score (nSPS) is 7.77. The summed E-state index contributed by atoms with van der Waals surface area (Å²) in [5.41, 5.74) is 1.12. The number of hydrogen-bond donors (Lipinski definition) is 1. The van der Waals surface area contributed by atoms with Crippen LogP contribution in [-0.2, 0) is 16.6 Å². The fraction of sp³-hybridized carbons (Fsp3) is 0.481. The third-order valence-electron chi connectivity index (χ3n) is 3.16. The van der Waals surface area contributed by atoms with Crippen LogP contribution in [0.25, 0.3) is 0 Å². The molecule has 0 heterocycles. The van der Waals surface area contributed by atoms with Crippen molar-refractivity contribution in [1.82, 2.24) is 0 Å². The Morgan fingerprint density at radius 1 is 0.800 bits per heavy atom. The van der Waals surface area contributed by atoms with Crippen molar-refractivity contribution in [3.8, 4) is 6.07 Å². The van der Waals surface area contributed by atoms with E-state index in [0.717, 1.165) is 11.1 Å². The number of carboxylic acids is 1. The largest absolute Gasteiger partial charge is 0.481 e. The van der Waals surface area contributed by atoms with Crippen molar-refractivity contribution in [3.63, 3.8) is 0 Å². The van der Waals surface area contributed by atoms with Crippen molar-refractivity contribution < 1.29 is 9.90 Å². The van der Waals surface area contributed by atoms with E-state index in [1.807, 2.05) is 116 Å². The van der Waals surface area contributed by atoms with Gasteiger partial charge in [0.05, 0.1) is 17.9 Å². The predicted molar refractivity (Wildman–Crippen MR) is 135 cm³/mol. The van der Waals surface area contributed by atoms with Gasteiger partial charge in [-0.25, -0.2) is 0 Å². The van der Waals surface area contributed by atoms with Gasteiger partial charge in [0.2, 0.25) is 0 Å². The maximum Gasteiger partial charge on any atom is 0.313 e. The molecule has 0 aliphatic carbocycles. The van der Waals surface area contributed by atoms with Crippen molar-refractivity contribution in [2.24, 2.45) is 0 Å². The summed E-state index contributed by atoms with van der Waals surface area (Å²) in [6, 6.07) is 21.0. The summed E-state index contributed by atoms with van der Waals surface area (Å²) in [5, 5.41) is 17.2. The predicted octanol–water partition coefficient (Wildman–Crippen LogP) is 8.54. The third kappa shape index (κ3) is 18.7. The van der Waals surface area contributed by atoms with Gasteiger partial charge in [-0.15, -0.1) is 0 Å². The zero-order valence-electron chi connectivity index (χ0n) is 20.3. The number of carboxylic acid groups (broad SMARTS) is 1. The Hall–Kier alpha value is -2.60. The lowest BCUT2D eigenvalue weighted by molar-refractivity contribution is -0.142. The molecular weight excluding hydrogens is 370 g/mol. The first-order valence-electron chi connectivity index (χ1n) is 10.7. The maximum absolute atomic E-state index is 10.8. The first-order valence-corrected chi connectivity index (χ1v) is 10.7. The summed E-state index contributed by atoms with van der Waals surface area (Å²) in [4.78, 5) is 10.8. The van der Waals surface area contributed by atoms with E-state index in [-0.39, 0.29) is 7.43 Å². The lowest BCUT2D eigenvalue weighted by atomic mass is 9.85. The molecule has 2 aromatic carbocycles. The SMILES string of the molecule is C.CC.CC.CC.CC.CC(C)(C(=O)O)c1ccccc1.N#CCc1ccccc1. The van der Waals surface area contributed by atoms with Gasteiger partial charge in [-0.2, -0.15) is 5.26 Å². The van der Waals surface area contributed by atoms with Gasteiger partial charge in [0, 0.05) is 0 Å². The molecule has 0 aromatic heterocycles. The van der Waals surface area contributed by atoms with Crippen molar-refractivity contribution in [1.29, 1.82) is 5.26 Å². The molecule has 3 heteroatoms. The number of aliphatic carboxylic acids is 1. The minimum absolute atomic E-state index is 0. The van der Waals surface area contributed by atoms with Crippen LogP contribution >= 0.6 is 0 Å². The van der Waals surface area contributed by atoms with E-state index in [9.17, 15) is 4.79 Å². The first kappa shape index (κ1) is 38.1. The quantitative estimate of drug-likeness (QED) is 0.544. The molecule has 0 bridgehead atoms. The molecule has 0 saturated heterocycles. The maximum atomic E-state index is 10.8. The monoisotopic (exact) mass is 417 g/mol. The molecular formula is C27H47NO2. The van der Waals surface area contributed by atoms with Crippen molar-refractivity contribution in [2.45, 2.75) is 88.5 Å². The van der Waals surface area contributed by atoms with Crippen LogP contribution in [0.3, 0.4) is 0 Å². The van der Waals surface area contributed by atoms with Crippen molar-refractivity contribution in [2.75, 3.05) is 0 Å². The summed E-state index contributed by atoms with van der Waals surface area (Å²) in [5.74, 6) is -0.797. The fourth-order valence-corrected chi connectivity index (χ4v) is 1.67. The van der Waals surface area contributed by atoms with Gasteiger partial charge >= 0.3 is 5.97 Å². The molecule has 1 N–H and O–H groups in total. The second-order valence-electron chi connectivity index (χ2n) is 5.12. The van der Waals surface area contributed by atoms with Crippen LogP contribution < -0.4 is 0 Å². The van der Waals surface area contributed by atoms with Crippen LogP contribution in [0.5, 0.6) is 0 Å². The lowest BCUT2D eigenvalue weighted by Gasteiger charge is -2.18. The Morgan fingerprint density at radius 3 is 1.43 bits per heavy atom. The summed E-state index contributed by atoms with van der Waals surface area (Å²) >= 11 is 0. The molecule has 0 radical (unpaired) electrons. The summed E-state index contributed by atoms with van der Waals surface area (Å²) in [7, 11) is 0. The topological polar surface area (TPSA) is 61.1 Å². The van der Waals surface area contributed by atoms with Crippen LogP contribution in [0.4, 0.5) is 0 Å². The van der Waals surface area contributed by atoms with E-state index in [1.54, 1.807) is 13.8 Å². The van der Waals surface area contributed by atoms with E-state index in [2.05, 4.69) is 6.07 Å². The van der Waals surface area contributed by atoms with Gasteiger partial charge in [0.15, 0.2) is 0 Å². The van der Waals surface area contributed by atoms with Gasteiger partial charge in [0.25, 0.3) is 0 Å². The number of carbonyl (C=O) groups is 1. The average Bonchev–Trinajstić information content (AvgIpc) is 2.81. The van der Waals surface area contributed by atoms with Crippen LogP contribution in [0.1, 0.15) is 87.8 Å². The van der Waals surface area contributed by atoms with Crippen LogP contribution in [-0.4, -0.2) is 11.1 Å². The highest BCUT2D eigenvalue weighted by Crippen LogP contribution is 2.22. The molecule has 0 fully saturated rings. The second kappa shape index (κ2) is 28.6. The Balaban J connectivity index is -0.000000103. The molecule has 0 aliphatic rings. The Kier molecular flexibility index (Phi) is 36.3. The van der Waals surface area contributed by atoms with E-state index < -0.39 is 11.4 Å². The number of nitriles is 1. The summed E-state index contributed by atoms with van der Waals surface area (Å²) < 4.78 is 0. The average molecular weight is 418 g/mol. The molecule has 3 nitrogen and oxygen atoms in total. The molecule has 0 aliphatic heterocycles. The van der Waals surface area contributed by atoms with Crippen LogP contribution in [0.2, 0.25) is 0 Å². The van der Waals surface area contributed by atoms with Crippen molar-refractivity contribution in [3.05, 3.63) is 71.8 Å². The van der Waals surface area contributed by atoms with E-state index in [1.165, 1.54) is 0 Å². The molecule has 0 amide bonds. The molecule has 0 atom stereocenters. The van der Waals surface area contributed by atoms with Gasteiger partial charge < -0.3 is 5.11 Å². The van der Waals surface area contributed by atoms with Crippen LogP contribution in [0, 0.1) is 11.3 Å². The molecule has 172 valence electrons. The molecule has 0 unspecified atom stereocenters. The Labute approximate surface area is 187 Å². The first-order chi connectivity index (χ1) is 14.0. The third-order valence-corrected chi connectivity index (χ3v) is 3.16. The Morgan fingerprint density at radius 2 is 1.13 bits per heavy atom. The van der Waals surface area contributed by atoms with Gasteiger partial charge in [-0.3, -0.25) is 4.79 Å². The molecule has 0 saturated carbocycles. The van der Waals surface area contributed by atoms with E-state index >= 15 is 0 Å². The summed E-state index contributed by atoms with van der Waals surface area (Å²) in [6.45, 7) is 19.4. The van der Waals surface area contributed by atoms with Gasteiger partial charge in [-0.1, -0.05) is 123 Å². The summed E-state index contributed by atoms with van der Waals surface area (Å²) in [6.07, 6.45) is 0.515. The van der Waals surface area contributed by atoms with Gasteiger partial charge in [0.1, 0.15) is 0 Å². The molecule has 2 aromatic rings.